The first kappa shape index (κ1) is 18.9. The molecule has 0 bridgehead atoms. The Morgan fingerprint density at radius 2 is 2.11 bits per heavy atom. The zero-order valence-corrected chi connectivity index (χ0v) is 16.5. The molecule has 1 amide bonds. The van der Waals surface area contributed by atoms with Crippen LogP contribution in [0.4, 0.5) is 5.82 Å². The maximum absolute atomic E-state index is 12.4. The number of piperidine rings is 1. The van der Waals surface area contributed by atoms with Crippen LogP contribution < -0.4 is 15.5 Å². The van der Waals surface area contributed by atoms with Crippen LogP contribution in [0.15, 0.2) is 30.6 Å². The van der Waals surface area contributed by atoms with E-state index in [1.165, 1.54) is 0 Å². The van der Waals surface area contributed by atoms with E-state index in [4.69, 9.17) is 0 Å². The summed E-state index contributed by atoms with van der Waals surface area (Å²) >= 11 is 0. The Kier molecular flexibility index (Phi) is 5.87. The molecule has 150 valence electrons. The monoisotopic (exact) mass is 383 g/mol. The predicted molar refractivity (Wildman–Crippen MR) is 108 cm³/mol. The molecule has 2 fully saturated rings. The van der Waals surface area contributed by atoms with Crippen molar-refractivity contribution in [1.29, 1.82) is 0 Å². The first-order valence-electron chi connectivity index (χ1n) is 10.1. The molecule has 2 saturated heterocycles. The Bertz CT molecular complexity index is 774. The highest BCUT2D eigenvalue weighted by Crippen LogP contribution is 2.16. The van der Waals surface area contributed by atoms with Crippen LogP contribution in [0.3, 0.4) is 0 Å². The molecule has 8 heteroatoms. The molecule has 4 rings (SSSR count). The number of hydrogen-bond donors (Lipinski definition) is 2. The molecule has 8 nitrogen and oxygen atoms in total. The third kappa shape index (κ3) is 4.51. The van der Waals surface area contributed by atoms with Gasteiger partial charge in [-0.2, -0.15) is 5.10 Å². The predicted octanol–water partition coefficient (Wildman–Crippen LogP) is 0.884. The van der Waals surface area contributed by atoms with Crippen LogP contribution in [-0.4, -0.2) is 71.9 Å². The number of pyridine rings is 1. The Hall–Kier alpha value is -2.45. The standard InChI is InChI=1S/C20H29N7O/c1-25-9-11-26(12-10-25)19-5-4-16(13-22-19)14-23-20(28)18-6-8-27(24-18)17-3-2-7-21-15-17/h4-6,8,13,17,21H,2-3,7,9-12,14-15H2,1H3,(H,23,28). The Morgan fingerprint density at radius 1 is 1.25 bits per heavy atom. The van der Waals surface area contributed by atoms with Crippen molar-refractivity contribution in [3.8, 4) is 0 Å². The number of aromatic nitrogens is 3. The number of anilines is 1. The third-order valence-corrected chi connectivity index (χ3v) is 5.58. The van der Waals surface area contributed by atoms with Gasteiger partial charge in [0.05, 0.1) is 6.04 Å². The van der Waals surface area contributed by atoms with E-state index in [2.05, 4.69) is 37.6 Å². The minimum absolute atomic E-state index is 0.148. The van der Waals surface area contributed by atoms with Crippen molar-refractivity contribution in [1.82, 2.24) is 30.3 Å². The van der Waals surface area contributed by atoms with Crippen molar-refractivity contribution in [2.24, 2.45) is 0 Å². The molecule has 2 aromatic heterocycles. The molecular weight excluding hydrogens is 354 g/mol. The quantitative estimate of drug-likeness (QED) is 0.798. The van der Waals surface area contributed by atoms with Crippen LogP contribution in [0.25, 0.3) is 0 Å². The number of carbonyl (C=O) groups excluding carboxylic acids is 1. The van der Waals surface area contributed by atoms with E-state index in [0.29, 0.717) is 18.3 Å². The van der Waals surface area contributed by atoms with E-state index in [9.17, 15) is 4.79 Å². The molecule has 2 aromatic rings. The summed E-state index contributed by atoms with van der Waals surface area (Å²) in [5, 5.41) is 10.8. The summed E-state index contributed by atoms with van der Waals surface area (Å²) in [6.45, 7) is 6.54. The third-order valence-electron chi connectivity index (χ3n) is 5.58. The van der Waals surface area contributed by atoms with Gasteiger partial charge in [-0.15, -0.1) is 0 Å². The second-order valence-electron chi connectivity index (χ2n) is 7.68. The smallest absolute Gasteiger partial charge is 0.272 e. The number of rotatable bonds is 5. The molecule has 2 aliphatic rings. The molecule has 1 unspecified atom stereocenters. The molecule has 2 aliphatic heterocycles. The number of hydrogen-bond acceptors (Lipinski definition) is 6. The minimum atomic E-state index is -0.148. The van der Waals surface area contributed by atoms with E-state index in [-0.39, 0.29) is 5.91 Å². The van der Waals surface area contributed by atoms with E-state index >= 15 is 0 Å². The second-order valence-corrected chi connectivity index (χ2v) is 7.68. The Morgan fingerprint density at radius 3 is 2.82 bits per heavy atom. The van der Waals surface area contributed by atoms with Gasteiger partial charge in [0.2, 0.25) is 0 Å². The first-order valence-corrected chi connectivity index (χ1v) is 10.1. The van der Waals surface area contributed by atoms with Gasteiger partial charge in [0.1, 0.15) is 11.5 Å². The Labute approximate surface area is 165 Å². The van der Waals surface area contributed by atoms with E-state index in [1.807, 2.05) is 29.2 Å². The number of amides is 1. The number of carbonyl (C=O) groups is 1. The van der Waals surface area contributed by atoms with Crippen LogP contribution >= 0.6 is 0 Å². The van der Waals surface area contributed by atoms with Gasteiger partial charge in [0, 0.05) is 51.7 Å². The summed E-state index contributed by atoms with van der Waals surface area (Å²) in [7, 11) is 2.14. The molecule has 0 aliphatic carbocycles. The van der Waals surface area contributed by atoms with Crippen LogP contribution in [0.2, 0.25) is 0 Å². The second kappa shape index (κ2) is 8.70. The average Bonchev–Trinajstić information content (AvgIpc) is 3.24. The topological polar surface area (TPSA) is 78.3 Å². The number of nitrogens with one attached hydrogen (secondary N) is 2. The summed E-state index contributed by atoms with van der Waals surface area (Å²) in [6.07, 6.45) is 5.99. The highest BCUT2D eigenvalue weighted by atomic mass is 16.1. The van der Waals surface area contributed by atoms with Crippen LogP contribution in [0.1, 0.15) is 34.9 Å². The van der Waals surface area contributed by atoms with Gasteiger partial charge in [-0.1, -0.05) is 6.07 Å². The van der Waals surface area contributed by atoms with Gasteiger partial charge < -0.3 is 20.4 Å². The molecule has 0 radical (unpaired) electrons. The molecule has 0 saturated carbocycles. The fourth-order valence-corrected chi connectivity index (χ4v) is 3.74. The maximum Gasteiger partial charge on any atom is 0.272 e. The highest BCUT2D eigenvalue weighted by Gasteiger charge is 2.18. The summed E-state index contributed by atoms with van der Waals surface area (Å²) in [5.74, 6) is 0.855. The van der Waals surface area contributed by atoms with Crippen LogP contribution in [0.5, 0.6) is 0 Å². The van der Waals surface area contributed by atoms with Gasteiger partial charge in [-0.3, -0.25) is 9.48 Å². The molecule has 0 spiro atoms. The lowest BCUT2D eigenvalue weighted by atomic mass is 10.1. The van der Waals surface area contributed by atoms with Gasteiger partial charge >= 0.3 is 0 Å². The summed E-state index contributed by atoms with van der Waals surface area (Å²) < 4.78 is 1.91. The average molecular weight is 384 g/mol. The summed E-state index contributed by atoms with van der Waals surface area (Å²) in [5.41, 5.74) is 1.45. The lowest BCUT2D eigenvalue weighted by Gasteiger charge is -2.33. The normalized spacial score (nSPS) is 20.9. The van der Waals surface area contributed by atoms with Crippen molar-refractivity contribution in [2.75, 3.05) is 51.2 Å². The van der Waals surface area contributed by atoms with Crippen molar-refractivity contribution < 1.29 is 4.79 Å². The lowest BCUT2D eigenvalue weighted by molar-refractivity contribution is 0.0944. The first-order chi connectivity index (χ1) is 13.7. The summed E-state index contributed by atoms with van der Waals surface area (Å²) in [6, 6.07) is 6.20. The van der Waals surface area contributed by atoms with Gasteiger partial charge in [0.15, 0.2) is 0 Å². The fourth-order valence-electron chi connectivity index (χ4n) is 3.74. The zero-order chi connectivity index (χ0) is 19.3. The van der Waals surface area contributed by atoms with E-state index in [1.54, 1.807) is 6.07 Å². The van der Waals surface area contributed by atoms with E-state index < -0.39 is 0 Å². The van der Waals surface area contributed by atoms with Gasteiger partial charge in [-0.25, -0.2) is 4.98 Å². The van der Waals surface area contributed by atoms with Crippen molar-refractivity contribution in [3.63, 3.8) is 0 Å². The number of nitrogens with zero attached hydrogens (tertiary/aromatic N) is 5. The van der Waals surface area contributed by atoms with Gasteiger partial charge in [-0.05, 0) is 44.1 Å². The fraction of sp³-hybridized carbons (Fsp3) is 0.550. The molecule has 0 aromatic carbocycles. The molecule has 28 heavy (non-hydrogen) atoms. The molecule has 2 N–H and O–H groups in total. The summed E-state index contributed by atoms with van der Waals surface area (Å²) in [4.78, 5) is 21.6. The van der Waals surface area contributed by atoms with Gasteiger partial charge in [0.25, 0.3) is 5.91 Å². The number of piperazine rings is 1. The molecular formula is C20H29N7O. The zero-order valence-electron chi connectivity index (χ0n) is 16.5. The largest absolute Gasteiger partial charge is 0.354 e. The minimum Gasteiger partial charge on any atom is -0.354 e. The number of likely N-dealkylation sites (N-methyl/N-ethyl adjacent to an activating group) is 1. The van der Waals surface area contributed by atoms with Crippen LogP contribution in [-0.2, 0) is 6.54 Å². The lowest BCUT2D eigenvalue weighted by Crippen LogP contribution is -2.44. The van der Waals surface area contributed by atoms with Crippen LogP contribution in [0, 0.1) is 0 Å². The highest BCUT2D eigenvalue weighted by molar-refractivity contribution is 5.92. The maximum atomic E-state index is 12.4. The molecule has 1 atom stereocenters. The SMILES string of the molecule is CN1CCN(c2ccc(CNC(=O)c3ccn(C4CCCNC4)n3)cn2)CC1. The Balaban J connectivity index is 1.29. The van der Waals surface area contributed by atoms with Crippen molar-refractivity contribution >= 4 is 11.7 Å². The van der Waals surface area contributed by atoms with E-state index in [0.717, 1.165) is 63.5 Å². The molecule has 4 heterocycles. The van der Waals surface area contributed by atoms with Crippen molar-refractivity contribution in [3.05, 3.63) is 41.9 Å². The van der Waals surface area contributed by atoms with Crippen molar-refractivity contribution in [2.45, 2.75) is 25.4 Å².